The molecule has 1 amide bonds. The molecule has 5 nitrogen and oxygen atoms in total. The molecule has 0 aliphatic carbocycles. The second-order valence-corrected chi connectivity index (χ2v) is 3.76. The smallest absolute Gasteiger partial charge is 0.251 e. The number of rotatable bonds is 2. The molecule has 0 unspecified atom stereocenters. The summed E-state index contributed by atoms with van der Waals surface area (Å²) < 4.78 is 0. The minimum Gasteiger partial charge on any atom is -0.360 e. The van der Waals surface area contributed by atoms with E-state index in [4.69, 9.17) is 10.5 Å². The van der Waals surface area contributed by atoms with Crippen LogP contribution in [0, 0.1) is 22.7 Å². The van der Waals surface area contributed by atoms with Gasteiger partial charge in [-0.1, -0.05) is 6.07 Å². The molecule has 1 aromatic rings. The Morgan fingerprint density at radius 2 is 2.17 bits per heavy atom. The molecular formula is C13H10N4O. The van der Waals surface area contributed by atoms with Gasteiger partial charge in [-0.2, -0.15) is 10.5 Å². The van der Waals surface area contributed by atoms with Crippen molar-refractivity contribution in [3.63, 3.8) is 0 Å². The van der Waals surface area contributed by atoms with Crippen LogP contribution < -0.4 is 10.6 Å². The number of fused-ring (bicyclic) bond motifs is 1. The normalized spacial score (nSPS) is 12.4. The average molecular weight is 238 g/mol. The van der Waals surface area contributed by atoms with E-state index in [9.17, 15) is 4.79 Å². The van der Waals surface area contributed by atoms with Crippen LogP contribution in [0.1, 0.15) is 15.9 Å². The molecule has 1 aromatic carbocycles. The molecule has 0 saturated carbocycles. The van der Waals surface area contributed by atoms with Crippen LogP contribution in [0.15, 0.2) is 30.0 Å². The summed E-state index contributed by atoms with van der Waals surface area (Å²) in [5, 5.41) is 23.0. The van der Waals surface area contributed by atoms with Gasteiger partial charge in [0.1, 0.15) is 17.7 Å². The van der Waals surface area contributed by atoms with Crippen molar-refractivity contribution in [2.24, 2.45) is 0 Å². The molecule has 2 N–H and O–H groups in total. The predicted molar refractivity (Wildman–Crippen MR) is 65.4 cm³/mol. The van der Waals surface area contributed by atoms with Crippen molar-refractivity contribution < 1.29 is 4.79 Å². The quantitative estimate of drug-likeness (QED) is 0.760. The summed E-state index contributed by atoms with van der Waals surface area (Å²) in [5.41, 5.74) is 2.29. The Bertz CT molecular complexity index is 588. The monoisotopic (exact) mass is 238 g/mol. The fourth-order valence-electron chi connectivity index (χ4n) is 1.84. The van der Waals surface area contributed by atoms with Crippen LogP contribution in [-0.2, 0) is 6.42 Å². The van der Waals surface area contributed by atoms with E-state index >= 15 is 0 Å². The van der Waals surface area contributed by atoms with E-state index in [1.54, 1.807) is 24.3 Å². The summed E-state index contributed by atoms with van der Waals surface area (Å²) in [6, 6.07) is 8.88. The number of hydrogen-bond acceptors (Lipinski definition) is 4. The van der Waals surface area contributed by atoms with Crippen LogP contribution in [0.2, 0.25) is 0 Å². The Hall–Kier alpha value is -2.79. The van der Waals surface area contributed by atoms with Crippen LogP contribution >= 0.6 is 0 Å². The summed E-state index contributed by atoms with van der Waals surface area (Å²) in [5.74, 6) is -0.0929. The number of nitrogens with one attached hydrogen (secondary N) is 2. The summed E-state index contributed by atoms with van der Waals surface area (Å²) in [7, 11) is 0. The van der Waals surface area contributed by atoms with Gasteiger partial charge in [0, 0.05) is 24.0 Å². The molecule has 0 bridgehead atoms. The lowest BCUT2D eigenvalue weighted by Crippen LogP contribution is -2.32. The lowest BCUT2D eigenvalue weighted by molar-refractivity contribution is 0.0946. The van der Waals surface area contributed by atoms with Crippen molar-refractivity contribution in [3.8, 4) is 12.1 Å². The predicted octanol–water partition coefficient (Wildman–Crippen LogP) is 1.32. The van der Waals surface area contributed by atoms with Gasteiger partial charge >= 0.3 is 0 Å². The molecule has 0 atom stereocenters. The Balaban J connectivity index is 2.34. The molecule has 0 aromatic heterocycles. The zero-order chi connectivity index (χ0) is 13.0. The topological polar surface area (TPSA) is 88.7 Å². The lowest BCUT2D eigenvalue weighted by atomic mass is 9.98. The van der Waals surface area contributed by atoms with Gasteiger partial charge in [-0.25, -0.2) is 0 Å². The molecular weight excluding hydrogens is 228 g/mol. The van der Waals surface area contributed by atoms with Gasteiger partial charge in [-0.3, -0.25) is 4.79 Å². The lowest BCUT2D eigenvalue weighted by Gasteiger charge is -2.19. The first-order valence-electron chi connectivity index (χ1n) is 5.43. The SMILES string of the molecule is N#CC(C#N)=CNc1cccc2c1CCNC2=O. The zero-order valence-corrected chi connectivity index (χ0v) is 9.53. The van der Waals surface area contributed by atoms with Gasteiger partial charge in [-0.15, -0.1) is 0 Å². The minimum atomic E-state index is -0.0929. The maximum atomic E-state index is 11.6. The number of anilines is 1. The summed E-state index contributed by atoms with van der Waals surface area (Å²) in [6.07, 6.45) is 2.08. The van der Waals surface area contributed by atoms with E-state index < -0.39 is 0 Å². The number of amides is 1. The first-order valence-corrected chi connectivity index (χ1v) is 5.43. The van der Waals surface area contributed by atoms with Gasteiger partial charge in [0.05, 0.1) is 0 Å². The average Bonchev–Trinajstić information content (AvgIpc) is 2.41. The molecule has 88 valence electrons. The zero-order valence-electron chi connectivity index (χ0n) is 9.53. The second-order valence-electron chi connectivity index (χ2n) is 3.76. The maximum absolute atomic E-state index is 11.6. The fraction of sp³-hybridized carbons (Fsp3) is 0.154. The Morgan fingerprint density at radius 1 is 1.39 bits per heavy atom. The van der Waals surface area contributed by atoms with Gasteiger partial charge < -0.3 is 10.6 Å². The van der Waals surface area contributed by atoms with E-state index in [2.05, 4.69) is 10.6 Å². The molecule has 0 radical (unpaired) electrons. The molecule has 5 heteroatoms. The van der Waals surface area contributed by atoms with Crippen molar-refractivity contribution >= 4 is 11.6 Å². The number of hydrogen-bond donors (Lipinski definition) is 2. The van der Waals surface area contributed by atoms with Crippen molar-refractivity contribution in [3.05, 3.63) is 41.1 Å². The number of carbonyl (C=O) groups excluding carboxylic acids is 1. The maximum Gasteiger partial charge on any atom is 0.251 e. The molecule has 1 aliphatic heterocycles. The highest BCUT2D eigenvalue weighted by Gasteiger charge is 2.18. The third-order valence-corrected chi connectivity index (χ3v) is 2.69. The number of nitriles is 2. The summed E-state index contributed by atoms with van der Waals surface area (Å²) in [4.78, 5) is 11.6. The Labute approximate surface area is 104 Å². The molecule has 18 heavy (non-hydrogen) atoms. The van der Waals surface area contributed by atoms with E-state index in [1.807, 2.05) is 6.07 Å². The van der Waals surface area contributed by atoms with Gasteiger partial charge in [-0.05, 0) is 24.1 Å². The van der Waals surface area contributed by atoms with E-state index in [-0.39, 0.29) is 11.5 Å². The van der Waals surface area contributed by atoms with Crippen LogP contribution in [0.25, 0.3) is 0 Å². The van der Waals surface area contributed by atoms with Crippen molar-refractivity contribution in [2.45, 2.75) is 6.42 Å². The Kier molecular flexibility index (Phi) is 3.26. The van der Waals surface area contributed by atoms with Crippen LogP contribution in [0.5, 0.6) is 0 Å². The van der Waals surface area contributed by atoms with E-state index in [1.165, 1.54) is 6.20 Å². The van der Waals surface area contributed by atoms with E-state index in [0.717, 1.165) is 17.7 Å². The number of allylic oxidation sites excluding steroid dienone is 1. The fourth-order valence-corrected chi connectivity index (χ4v) is 1.84. The highest BCUT2D eigenvalue weighted by molar-refractivity contribution is 5.98. The standard InChI is InChI=1S/C13H10N4O/c14-6-9(7-15)8-17-12-3-1-2-11-10(12)4-5-16-13(11)18/h1-3,8,17H,4-5H2,(H,16,18). The molecule has 0 spiro atoms. The molecule has 0 fully saturated rings. The highest BCUT2D eigenvalue weighted by atomic mass is 16.1. The van der Waals surface area contributed by atoms with Gasteiger partial charge in [0.15, 0.2) is 0 Å². The first-order chi connectivity index (χ1) is 8.76. The largest absolute Gasteiger partial charge is 0.360 e. The van der Waals surface area contributed by atoms with Gasteiger partial charge in [0.25, 0.3) is 5.91 Å². The molecule has 1 heterocycles. The number of benzene rings is 1. The van der Waals surface area contributed by atoms with Crippen molar-refractivity contribution in [2.75, 3.05) is 11.9 Å². The minimum absolute atomic E-state index is 0.00661. The number of nitrogens with zero attached hydrogens (tertiary/aromatic N) is 2. The van der Waals surface area contributed by atoms with E-state index in [0.29, 0.717) is 12.1 Å². The summed E-state index contributed by atoms with van der Waals surface area (Å²) in [6.45, 7) is 0.595. The Morgan fingerprint density at radius 3 is 2.89 bits per heavy atom. The van der Waals surface area contributed by atoms with Crippen molar-refractivity contribution in [1.82, 2.24) is 5.32 Å². The first kappa shape index (κ1) is 11.7. The molecule has 0 saturated heterocycles. The van der Waals surface area contributed by atoms with Crippen molar-refractivity contribution in [1.29, 1.82) is 10.5 Å². The molecule has 2 rings (SSSR count). The third kappa shape index (κ3) is 2.16. The van der Waals surface area contributed by atoms with Gasteiger partial charge in [0.2, 0.25) is 0 Å². The molecule has 1 aliphatic rings. The highest BCUT2D eigenvalue weighted by Crippen LogP contribution is 2.23. The second kappa shape index (κ2) is 5.03. The number of carbonyl (C=O) groups is 1. The summed E-state index contributed by atoms with van der Waals surface area (Å²) >= 11 is 0. The van der Waals surface area contributed by atoms with Crippen LogP contribution in [-0.4, -0.2) is 12.5 Å². The third-order valence-electron chi connectivity index (χ3n) is 2.69. The van der Waals surface area contributed by atoms with Crippen LogP contribution in [0.4, 0.5) is 5.69 Å². The van der Waals surface area contributed by atoms with Crippen LogP contribution in [0.3, 0.4) is 0 Å².